The molecule has 4 atom stereocenters. The van der Waals surface area contributed by atoms with E-state index in [2.05, 4.69) is 18.2 Å². The summed E-state index contributed by atoms with van der Waals surface area (Å²) in [6.07, 6.45) is 8.15. The van der Waals surface area contributed by atoms with Crippen LogP contribution in [0.25, 0.3) is 0 Å². The number of nitrogens with zero attached hydrogens (tertiary/aromatic N) is 1. The lowest BCUT2D eigenvalue weighted by Crippen LogP contribution is -2.14. The zero-order chi connectivity index (χ0) is 9.76. The molecule has 3 aliphatic carbocycles. The molecule has 3 rings (SSSR count). The molecule has 0 spiro atoms. The SMILES string of the molecule is N#CC12C(=O)CC3C/C=C\CCC1C32. The van der Waals surface area contributed by atoms with E-state index in [1.54, 1.807) is 0 Å². The fourth-order valence-electron chi connectivity index (χ4n) is 3.64. The van der Waals surface area contributed by atoms with Gasteiger partial charge in [0.25, 0.3) is 0 Å². The summed E-state index contributed by atoms with van der Waals surface area (Å²) in [6.45, 7) is 0. The van der Waals surface area contributed by atoms with Gasteiger partial charge >= 0.3 is 0 Å². The third kappa shape index (κ3) is 0.744. The highest BCUT2D eigenvalue weighted by Gasteiger charge is 2.75. The van der Waals surface area contributed by atoms with Crippen molar-refractivity contribution in [2.24, 2.45) is 23.2 Å². The second-order valence-electron chi connectivity index (χ2n) is 4.78. The van der Waals surface area contributed by atoms with E-state index in [1.165, 1.54) is 0 Å². The number of ketones is 1. The van der Waals surface area contributed by atoms with Crippen molar-refractivity contribution < 1.29 is 4.79 Å². The molecule has 0 amide bonds. The smallest absolute Gasteiger partial charge is 0.153 e. The van der Waals surface area contributed by atoms with Gasteiger partial charge in [-0.05, 0) is 37.0 Å². The molecule has 72 valence electrons. The molecule has 2 heteroatoms. The first-order valence-electron chi connectivity index (χ1n) is 5.40. The fraction of sp³-hybridized carbons (Fsp3) is 0.667. The minimum Gasteiger partial charge on any atom is -0.298 e. The molecule has 0 radical (unpaired) electrons. The van der Waals surface area contributed by atoms with Crippen LogP contribution in [0.4, 0.5) is 0 Å². The predicted octanol–water partition coefficient (Wildman–Crippen LogP) is 2.07. The maximum Gasteiger partial charge on any atom is 0.153 e. The van der Waals surface area contributed by atoms with E-state index in [1.807, 2.05) is 0 Å². The van der Waals surface area contributed by atoms with E-state index >= 15 is 0 Å². The maximum absolute atomic E-state index is 11.8. The van der Waals surface area contributed by atoms with Crippen LogP contribution in [-0.2, 0) is 4.79 Å². The number of rotatable bonds is 0. The third-order valence-corrected chi connectivity index (χ3v) is 4.29. The first kappa shape index (κ1) is 8.23. The molecule has 14 heavy (non-hydrogen) atoms. The summed E-state index contributed by atoms with van der Waals surface area (Å²) >= 11 is 0. The predicted molar refractivity (Wildman–Crippen MR) is 51.1 cm³/mol. The largest absolute Gasteiger partial charge is 0.298 e. The van der Waals surface area contributed by atoms with Gasteiger partial charge in [0.1, 0.15) is 5.41 Å². The van der Waals surface area contributed by atoms with Crippen LogP contribution < -0.4 is 0 Å². The van der Waals surface area contributed by atoms with Gasteiger partial charge in [0.05, 0.1) is 6.07 Å². The number of nitriles is 1. The molecule has 0 aromatic heterocycles. The van der Waals surface area contributed by atoms with Crippen LogP contribution in [0.15, 0.2) is 12.2 Å². The molecular formula is C12H13NO. The van der Waals surface area contributed by atoms with Crippen LogP contribution in [0.3, 0.4) is 0 Å². The van der Waals surface area contributed by atoms with E-state index in [9.17, 15) is 10.1 Å². The lowest BCUT2D eigenvalue weighted by Gasteiger charge is -2.12. The van der Waals surface area contributed by atoms with Crippen molar-refractivity contribution in [3.05, 3.63) is 12.2 Å². The van der Waals surface area contributed by atoms with Gasteiger partial charge < -0.3 is 0 Å². The van der Waals surface area contributed by atoms with Crippen LogP contribution in [0.1, 0.15) is 25.7 Å². The second kappa shape index (κ2) is 2.48. The summed E-state index contributed by atoms with van der Waals surface area (Å²) in [7, 11) is 0. The van der Waals surface area contributed by atoms with Crippen molar-refractivity contribution in [2.75, 3.05) is 0 Å². The Balaban J connectivity index is 1.99. The minimum absolute atomic E-state index is 0.232. The highest BCUT2D eigenvalue weighted by atomic mass is 16.1. The number of hydrogen-bond acceptors (Lipinski definition) is 2. The molecule has 0 heterocycles. The van der Waals surface area contributed by atoms with Crippen LogP contribution in [0.2, 0.25) is 0 Å². The van der Waals surface area contributed by atoms with Gasteiger partial charge in [-0.2, -0.15) is 5.26 Å². The Kier molecular flexibility index (Phi) is 1.45. The first-order valence-corrected chi connectivity index (χ1v) is 5.40. The summed E-state index contributed by atoms with van der Waals surface area (Å²) in [6, 6.07) is 2.31. The molecule has 4 unspecified atom stereocenters. The summed E-state index contributed by atoms with van der Waals surface area (Å²) in [5.41, 5.74) is -0.531. The lowest BCUT2D eigenvalue weighted by molar-refractivity contribution is -0.121. The highest BCUT2D eigenvalue weighted by molar-refractivity contribution is 5.94. The van der Waals surface area contributed by atoms with Gasteiger partial charge in [0.15, 0.2) is 5.78 Å². The molecule has 3 aliphatic rings. The third-order valence-electron chi connectivity index (χ3n) is 4.29. The zero-order valence-electron chi connectivity index (χ0n) is 8.07. The van der Waals surface area contributed by atoms with Crippen LogP contribution in [0, 0.1) is 34.5 Å². The van der Waals surface area contributed by atoms with Crippen LogP contribution in [-0.4, -0.2) is 5.78 Å². The van der Waals surface area contributed by atoms with E-state index in [0.29, 0.717) is 24.2 Å². The Bertz CT molecular complexity index is 365. The lowest BCUT2D eigenvalue weighted by atomic mass is 9.91. The number of allylic oxidation sites excluding steroid dienone is 2. The van der Waals surface area contributed by atoms with Crippen molar-refractivity contribution in [3.63, 3.8) is 0 Å². The second-order valence-corrected chi connectivity index (χ2v) is 4.78. The molecular weight excluding hydrogens is 174 g/mol. The molecule has 0 N–H and O–H groups in total. The Morgan fingerprint density at radius 2 is 2.36 bits per heavy atom. The van der Waals surface area contributed by atoms with Crippen molar-refractivity contribution >= 4 is 5.78 Å². The molecule has 0 saturated heterocycles. The van der Waals surface area contributed by atoms with Gasteiger partial charge in [-0.3, -0.25) is 4.79 Å². The van der Waals surface area contributed by atoms with Gasteiger partial charge in [0, 0.05) is 6.42 Å². The number of fused-ring (bicyclic) bond motifs is 1. The maximum atomic E-state index is 11.8. The minimum atomic E-state index is -0.531. The molecule has 0 aliphatic heterocycles. The fourth-order valence-corrected chi connectivity index (χ4v) is 3.64. The molecule has 0 aromatic rings. The molecule has 2 fully saturated rings. The van der Waals surface area contributed by atoms with Crippen molar-refractivity contribution in [1.82, 2.24) is 0 Å². The molecule has 0 bridgehead atoms. The quantitative estimate of drug-likeness (QED) is 0.545. The summed E-state index contributed by atoms with van der Waals surface area (Å²) in [4.78, 5) is 11.8. The standard InChI is InChI=1S/C12H13NO/c13-7-12-9-5-3-1-2-4-8(11(9)12)6-10(12)14/h1-2,8-9,11H,3-6H2/b2-1-. The van der Waals surface area contributed by atoms with Gasteiger partial charge in [0.2, 0.25) is 0 Å². The average Bonchev–Trinajstić information content (AvgIpc) is 2.71. The Hall–Kier alpha value is -1.10. The first-order chi connectivity index (χ1) is 6.80. The number of carbonyl (C=O) groups excluding carboxylic acids is 1. The van der Waals surface area contributed by atoms with Crippen molar-refractivity contribution in [1.29, 1.82) is 5.26 Å². The Labute approximate surface area is 83.6 Å². The molecule has 2 saturated carbocycles. The van der Waals surface area contributed by atoms with Crippen molar-refractivity contribution in [2.45, 2.75) is 25.7 Å². The Morgan fingerprint density at radius 1 is 1.50 bits per heavy atom. The number of carbonyl (C=O) groups is 1. The zero-order valence-corrected chi connectivity index (χ0v) is 8.07. The van der Waals surface area contributed by atoms with E-state index < -0.39 is 5.41 Å². The average molecular weight is 187 g/mol. The normalized spacial score (nSPS) is 51.4. The molecule has 0 aromatic carbocycles. The summed E-state index contributed by atoms with van der Waals surface area (Å²) < 4.78 is 0. The van der Waals surface area contributed by atoms with E-state index in [-0.39, 0.29) is 5.78 Å². The number of Topliss-reactive ketones (excluding diaryl/α,β-unsaturated/α-hetero) is 1. The summed E-state index contributed by atoms with van der Waals surface area (Å²) in [5.74, 6) is 1.51. The van der Waals surface area contributed by atoms with Gasteiger partial charge in [-0.1, -0.05) is 12.2 Å². The monoisotopic (exact) mass is 187 g/mol. The molecule has 2 nitrogen and oxygen atoms in total. The van der Waals surface area contributed by atoms with Crippen LogP contribution in [0.5, 0.6) is 0 Å². The number of hydrogen-bond donors (Lipinski definition) is 0. The van der Waals surface area contributed by atoms with Crippen molar-refractivity contribution in [3.8, 4) is 6.07 Å². The Morgan fingerprint density at radius 3 is 3.14 bits per heavy atom. The van der Waals surface area contributed by atoms with Gasteiger partial charge in [-0.15, -0.1) is 0 Å². The highest BCUT2D eigenvalue weighted by Crippen LogP contribution is 2.70. The topological polar surface area (TPSA) is 40.9 Å². The van der Waals surface area contributed by atoms with E-state index in [0.717, 1.165) is 19.3 Å². The van der Waals surface area contributed by atoms with E-state index in [4.69, 9.17) is 0 Å². The summed E-state index contributed by atoms with van der Waals surface area (Å²) in [5, 5.41) is 9.18. The van der Waals surface area contributed by atoms with Crippen LogP contribution >= 0.6 is 0 Å². The van der Waals surface area contributed by atoms with Gasteiger partial charge in [-0.25, -0.2) is 0 Å².